The van der Waals surface area contributed by atoms with Gasteiger partial charge in [0.05, 0.1) is 11.0 Å². The van der Waals surface area contributed by atoms with E-state index in [1.165, 1.54) is 0 Å². The quantitative estimate of drug-likeness (QED) is 0.683. The van der Waals surface area contributed by atoms with Crippen LogP contribution in [0, 0.1) is 27.7 Å². The number of halogens is 2. The van der Waals surface area contributed by atoms with Gasteiger partial charge in [-0.25, -0.2) is 8.78 Å². The first kappa shape index (κ1) is 13.2. The molecule has 1 aromatic rings. The SMILES string of the molecule is O=[N+]([O-])c1cc(F)cc(F)c1NC1CN2CCC1CC2. The van der Waals surface area contributed by atoms with Gasteiger partial charge in [0.1, 0.15) is 11.5 Å². The van der Waals surface area contributed by atoms with Gasteiger partial charge in [-0.15, -0.1) is 0 Å². The monoisotopic (exact) mass is 283 g/mol. The molecule has 3 aliphatic heterocycles. The summed E-state index contributed by atoms with van der Waals surface area (Å²) in [6.07, 6.45) is 2.02. The molecule has 0 radical (unpaired) electrons. The Morgan fingerprint density at radius 2 is 2.00 bits per heavy atom. The summed E-state index contributed by atoms with van der Waals surface area (Å²) in [5, 5.41) is 13.9. The van der Waals surface area contributed by atoms with Gasteiger partial charge in [0.2, 0.25) is 0 Å². The maximum Gasteiger partial charge on any atom is 0.298 e. The van der Waals surface area contributed by atoms with Crippen LogP contribution < -0.4 is 5.32 Å². The number of nitro benzene ring substituents is 1. The topological polar surface area (TPSA) is 58.4 Å². The third-order valence-corrected chi connectivity index (χ3v) is 4.22. The molecule has 3 aliphatic rings. The molecule has 1 unspecified atom stereocenters. The molecule has 108 valence electrons. The molecule has 1 atom stereocenters. The van der Waals surface area contributed by atoms with Gasteiger partial charge in [0.25, 0.3) is 5.69 Å². The van der Waals surface area contributed by atoms with Gasteiger partial charge in [0.15, 0.2) is 5.82 Å². The smallest absolute Gasteiger partial charge is 0.298 e. The number of hydrogen-bond donors (Lipinski definition) is 1. The highest BCUT2D eigenvalue weighted by atomic mass is 19.1. The molecule has 0 spiro atoms. The van der Waals surface area contributed by atoms with Crippen molar-refractivity contribution in [2.45, 2.75) is 18.9 Å². The summed E-state index contributed by atoms with van der Waals surface area (Å²) in [5.41, 5.74) is -0.742. The second-order valence-electron chi connectivity index (χ2n) is 5.43. The third kappa shape index (κ3) is 2.33. The molecule has 3 saturated heterocycles. The molecule has 4 rings (SSSR count). The molecule has 20 heavy (non-hydrogen) atoms. The molecule has 1 N–H and O–H groups in total. The summed E-state index contributed by atoms with van der Waals surface area (Å²) in [6, 6.07) is 1.42. The number of fused-ring (bicyclic) bond motifs is 3. The van der Waals surface area contributed by atoms with Gasteiger partial charge in [-0.05, 0) is 31.8 Å². The number of anilines is 1. The fraction of sp³-hybridized carbons (Fsp3) is 0.538. The summed E-state index contributed by atoms with van der Waals surface area (Å²) < 4.78 is 27.0. The Kier molecular flexibility index (Phi) is 3.29. The lowest BCUT2D eigenvalue weighted by Crippen LogP contribution is -2.53. The van der Waals surface area contributed by atoms with Gasteiger partial charge in [-0.3, -0.25) is 10.1 Å². The summed E-state index contributed by atoms with van der Waals surface area (Å²) in [7, 11) is 0. The molecule has 0 aromatic heterocycles. The van der Waals surface area contributed by atoms with Crippen LogP contribution in [0.1, 0.15) is 12.8 Å². The predicted molar refractivity (Wildman–Crippen MR) is 69.6 cm³/mol. The Morgan fingerprint density at radius 3 is 2.55 bits per heavy atom. The lowest BCUT2D eigenvalue weighted by atomic mass is 9.84. The van der Waals surface area contributed by atoms with Gasteiger partial charge in [-0.1, -0.05) is 0 Å². The van der Waals surface area contributed by atoms with Crippen molar-refractivity contribution in [3.05, 3.63) is 33.9 Å². The van der Waals surface area contributed by atoms with Crippen LogP contribution in [0.25, 0.3) is 0 Å². The highest BCUT2D eigenvalue weighted by molar-refractivity contribution is 5.63. The highest BCUT2D eigenvalue weighted by Gasteiger charge is 2.35. The van der Waals surface area contributed by atoms with E-state index >= 15 is 0 Å². The third-order valence-electron chi connectivity index (χ3n) is 4.22. The molecule has 0 saturated carbocycles. The number of piperidine rings is 3. The normalized spacial score (nSPS) is 28.4. The van der Waals surface area contributed by atoms with Gasteiger partial charge >= 0.3 is 0 Å². The number of rotatable bonds is 3. The van der Waals surface area contributed by atoms with Crippen LogP contribution in [0.3, 0.4) is 0 Å². The molecule has 0 aliphatic carbocycles. The number of nitrogens with zero attached hydrogens (tertiary/aromatic N) is 2. The van der Waals surface area contributed by atoms with Crippen molar-refractivity contribution in [1.82, 2.24) is 4.90 Å². The van der Waals surface area contributed by atoms with Gasteiger partial charge in [0, 0.05) is 18.7 Å². The highest BCUT2D eigenvalue weighted by Crippen LogP contribution is 2.34. The summed E-state index contributed by atoms with van der Waals surface area (Å²) in [4.78, 5) is 12.5. The van der Waals surface area contributed by atoms with E-state index in [-0.39, 0.29) is 11.7 Å². The standard InChI is InChI=1S/C13H15F2N3O2/c14-9-5-10(15)13(12(6-9)18(19)20)16-11-7-17-3-1-8(11)2-4-17/h5-6,8,11,16H,1-4,7H2. The van der Waals surface area contributed by atoms with E-state index in [0.29, 0.717) is 12.0 Å². The Labute approximate surface area is 114 Å². The van der Waals surface area contributed by atoms with E-state index in [0.717, 1.165) is 38.5 Å². The van der Waals surface area contributed by atoms with Crippen molar-refractivity contribution in [3.8, 4) is 0 Å². The van der Waals surface area contributed by atoms with Crippen LogP contribution in [0.15, 0.2) is 12.1 Å². The first-order valence-electron chi connectivity index (χ1n) is 6.67. The second-order valence-corrected chi connectivity index (χ2v) is 5.43. The lowest BCUT2D eigenvalue weighted by Gasteiger charge is -2.45. The van der Waals surface area contributed by atoms with E-state index in [1.54, 1.807) is 0 Å². The van der Waals surface area contributed by atoms with E-state index in [1.807, 2.05) is 0 Å². The van der Waals surface area contributed by atoms with Crippen molar-refractivity contribution in [1.29, 1.82) is 0 Å². The van der Waals surface area contributed by atoms with Crippen LogP contribution in [-0.4, -0.2) is 35.5 Å². The average molecular weight is 283 g/mol. The van der Waals surface area contributed by atoms with E-state index in [9.17, 15) is 18.9 Å². The Hall–Kier alpha value is -1.76. The summed E-state index contributed by atoms with van der Waals surface area (Å²) in [5.74, 6) is -1.45. The zero-order valence-corrected chi connectivity index (χ0v) is 10.8. The van der Waals surface area contributed by atoms with Crippen molar-refractivity contribution in [3.63, 3.8) is 0 Å². The second kappa shape index (κ2) is 4.97. The minimum Gasteiger partial charge on any atom is -0.373 e. The minimum atomic E-state index is -0.936. The molecule has 3 fully saturated rings. The Morgan fingerprint density at radius 1 is 1.30 bits per heavy atom. The number of benzene rings is 1. The molecule has 0 amide bonds. The van der Waals surface area contributed by atoms with Gasteiger partial charge < -0.3 is 10.2 Å². The van der Waals surface area contributed by atoms with Crippen LogP contribution >= 0.6 is 0 Å². The van der Waals surface area contributed by atoms with Crippen molar-refractivity contribution < 1.29 is 13.7 Å². The molecule has 3 heterocycles. The van der Waals surface area contributed by atoms with Crippen LogP contribution in [0.2, 0.25) is 0 Å². The molecular formula is C13H15F2N3O2. The Balaban J connectivity index is 1.88. The average Bonchev–Trinajstić information content (AvgIpc) is 2.42. The Bertz CT molecular complexity index is 545. The fourth-order valence-electron chi connectivity index (χ4n) is 3.16. The molecular weight excluding hydrogens is 268 g/mol. The van der Waals surface area contributed by atoms with Crippen molar-refractivity contribution >= 4 is 11.4 Å². The zero-order valence-electron chi connectivity index (χ0n) is 10.8. The first-order valence-corrected chi connectivity index (χ1v) is 6.67. The number of hydrogen-bond acceptors (Lipinski definition) is 4. The van der Waals surface area contributed by atoms with Crippen LogP contribution in [0.5, 0.6) is 0 Å². The first-order chi connectivity index (χ1) is 9.54. The zero-order chi connectivity index (χ0) is 14.3. The number of nitro groups is 1. The maximum atomic E-state index is 13.8. The van der Waals surface area contributed by atoms with E-state index < -0.39 is 22.2 Å². The maximum absolute atomic E-state index is 13.8. The van der Waals surface area contributed by atoms with Gasteiger partial charge in [-0.2, -0.15) is 0 Å². The summed E-state index contributed by atoms with van der Waals surface area (Å²) >= 11 is 0. The van der Waals surface area contributed by atoms with Crippen LogP contribution in [0.4, 0.5) is 20.2 Å². The molecule has 1 aromatic carbocycles. The predicted octanol–water partition coefficient (Wildman–Crippen LogP) is 2.38. The largest absolute Gasteiger partial charge is 0.373 e. The lowest BCUT2D eigenvalue weighted by molar-refractivity contribution is -0.384. The van der Waals surface area contributed by atoms with Crippen LogP contribution in [-0.2, 0) is 0 Å². The summed E-state index contributed by atoms with van der Waals surface area (Å²) in [6.45, 7) is 2.80. The van der Waals surface area contributed by atoms with Crippen molar-refractivity contribution in [2.75, 3.05) is 25.0 Å². The number of nitrogens with one attached hydrogen (secondary N) is 1. The molecule has 7 heteroatoms. The minimum absolute atomic E-state index is 0.0174. The van der Waals surface area contributed by atoms with E-state index in [2.05, 4.69) is 10.2 Å². The van der Waals surface area contributed by atoms with E-state index in [4.69, 9.17) is 0 Å². The van der Waals surface area contributed by atoms with Crippen molar-refractivity contribution in [2.24, 2.45) is 5.92 Å². The molecule has 5 nitrogen and oxygen atoms in total. The fourth-order valence-corrected chi connectivity index (χ4v) is 3.16. The molecule has 2 bridgehead atoms.